The number of hydrogen-bond acceptors (Lipinski definition) is 5. The topological polar surface area (TPSA) is 63.1 Å². The van der Waals surface area contributed by atoms with Gasteiger partial charge in [-0.3, -0.25) is 9.36 Å². The summed E-state index contributed by atoms with van der Waals surface area (Å²) in [6, 6.07) is 8.43. The van der Waals surface area contributed by atoms with Crippen molar-refractivity contribution in [2.45, 2.75) is 49.4 Å². The largest absolute Gasteiger partial charge is 0.355 e. The van der Waals surface area contributed by atoms with Gasteiger partial charge in [0.15, 0.2) is 5.16 Å². The molecule has 1 atom stereocenters. The molecule has 6 nitrogen and oxygen atoms in total. The van der Waals surface area contributed by atoms with Crippen molar-refractivity contribution in [1.29, 1.82) is 0 Å². The van der Waals surface area contributed by atoms with Crippen LogP contribution in [0, 0.1) is 6.92 Å². The molecule has 1 amide bonds. The third-order valence-electron chi connectivity index (χ3n) is 5.03. The predicted molar refractivity (Wildman–Crippen MR) is 104 cm³/mol. The molecule has 0 radical (unpaired) electrons. The van der Waals surface area contributed by atoms with Gasteiger partial charge in [0, 0.05) is 19.6 Å². The fourth-order valence-electron chi connectivity index (χ4n) is 3.53. The first-order chi connectivity index (χ1) is 12.7. The summed E-state index contributed by atoms with van der Waals surface area (Å²) in [6.45, 7) is 4.89. The summed E-state index contributed by atoms with van der Waals surface area (Å²) in [6.07, 6.45) is 5.37. The van der Waals surface area contributed by atoms with Crippen molar-refractivity contribution in [1.82, 2.24) is 20.1 Å². The lowest BCUT2D eigenvalue weighted by molar-refractivity contribution is -0.120. The maximum atomic E-state index is 12.4. The Hall–Kier alpha value is -2.02. The second-order valence-corrected chi connectivity index (χ2v) is 8.21. The van der Waals surface area contributed by atoms with Gasteiger partial charge in [0.05, 0.1) is 10.9 Å². The molecule has 1 N–H and O–H groups in total. The molecule has 0 bridgehead atoms. The second-order valence-electron chi connectivity index (χ2n) is 7.04. The number of aryl methyl sites for hydroxylation is 1. The molecule has 7 heteroatoms. The average molecular weight is 372 g/mol. The van der Waals surface area contributed by atoms with E-state index in [0.29, 0.717) is 0 Å². The summed E-state index contributed by atoms with van der Waals surface area (Å²) in [5.41, 5.74) is 2.28. The van der Waals surface area contributed by atoms with Gasteiger partial charge in [0.1, 0.15) is 0 Å². The summed E-state index contributed by atoms with van der Waals surface area (Å²) < 4.78 is 2.12. The van der Waals surface area contributed by atoms with Crippen LogP contribution in [0.4, 0.5) is 5.95 Å². The number of thioether (sulfide) groups is 1. The number of rotatable bonds is 4. The highest BCUT2D eigenvalue weighted by atomic mass is 32.2. The number of carbonyl (C=O) groups excluding carboxylic acids is 1. The summed E-state index contributed by atoms with van der Waals surface area (Å²) in [4.78, 5) is 14.7. The third-order valence-corrected chi connectivity index (χ3v) is 6.24. The van der Waals surface area contributed by atoms with Crippen molar-refractivity contribution in [3.63, 3.8) is 0 Å². The highest BCUT2D eigenvalue weighted by Gasteiger charge is 2.27. The van der Waals surface area contributed by atoms with E-state index in [1.165, 1.54) is 18.4 Å². The van der Waals surface area contributed by atoms with Crippen molar-refractivity contribution >= 4 is 23.6 Å². The molecular weight excluding hydrogens is 346 g/mol. The van der Waals surface area contributed by atoms with Crippen LogP contribution in [-0.2, 0) is 4.79 Å². The predicted octanol–water partition coefficient (Wildman–Crippen LogP) is 2.94. The van der Waals surface area contributed by atoms with Gasteiger partial charge in [-0.25, -0.2) is 0 Å². The molecule has 2 fully saturated rings. The van der Waals surface area contributed by atoms with Gasteiger partial charge in [-0.15, -0.1) is 10.2 Å². The Morgan fingerprint density at radius 1 is 1.08 bits per heavy atom. The maximum Gasteiger partial charge on any atom is 0.233 e. The van der Waals surface area contributed by atoms with E-state index >= 15 is 0 Å². The SMILES string of the molecule is Cc1ccc(-n2c(S[C@@H]3CCCCNC3=O)nnc2N2CCCC2)cc1. The van der Waals surface area contributed by atoms with Gasteiger partial charge in [-0.05, 0) is 44.7 Å². The Labute approximate surface area is 158 Å². The fraction of sp³-hybridized carbons (Fsp3) is 0.526. The third kappa shape index (κ3) is 3.58. The average Bonchev–Trinajstić information content (AvgIpc) is 3.26. The van der Waals surface area contributed by atoms with Gasteiger partial charge < -0.3 is 10.2 Å². The molecule has 0 saturated carbocycles. The summed E-state index contributed by atoms with van der Waals surface area (Å²) in [5.74, 6) is 1.01. The molecule has 2 aliphatic heterocycles. The smallest absolute Gasteiger partial charge is 0.233 e. The molecule has 3 heterocycles. The van der Waals surface area contributed by atoms with Crippen LogP contribution in [0.15, 0.2) is 29.4 Å². The molecule has 2 saturated heterocycles. The number of hydrogen-bond donors (Lipinski definition) is 1. The molecule has 2 aromatic rings. The molecule has 138 valence electrons. The van der Waals surface area contributed by atoms with Gasteiger partial charge in [-0.2, -0.15) is 0 Å². The molecular formula is C19H25N5OS. The Morgan fingerprint density at radius 2 is 1.85 bits per heavy atom. The van der Waals surface area contributed by atoms with E-state index in [1.807, 2.05) is 0 Å². The molecule has 2 aliphatic rings. The van der Waals surface area contributed by atoms with Gasteiger partial charge in [0.2, 0.25) is 11.9 Å². The molecule has 0 spiro atoms. The van der Waals surface area contributed by atoms with E-state index in [1.54, 1.807) is 11.8 Å². The number of aromatic nitrogens is 3. The van der Waals surface area contributed by atoms with Gasteiger partial charge in [-0.1, -0.05) is 35.9 Å². The Bertz CT molecular complexity index is 767. The van der Waals surface area contributed by atoms with E-state index in [2.05, 4.69) is 56.2 Å². The molecule has 1 aromatic carbocycles. The monoisotopic (exact) mass is 371 g/mol. The standard InChI is InChI=1S/C19H25N5OS/c1-14-7-9-15(10-8-14)24-18(23-12-4-5-13-23)21-22-19(24)26-16-6-2-3-11-20-17(16)25/h7-10,16H,2-6,11-13H2,1H3,(H,20,25)/t16-/m1/s1. The Kier molecular flexibility index (Phi) is 5.15. The molecule has 1 aromatic heterocycles. The maximum absolute atomic E-state index is 12.4. The van der Waals surface area contributed by atoms with Crippen LogP contribution >= 0.6 is 11.8 Å². The fourth-order valence-corrected chi connectivity index (χ4v) is 4.64. The summed E-state index contributed by atoms with van der Waals surface area (Å²) in [7, 11) is 0. The zero-order valence-corrected chi connectivity index (χ0v) is 16.0. The minimum absolute atomic E-state index is 0.0997. The first-order valence-electron chi connectivity index (χ1n) is 9.44. The lowest BCUT2D eigenvalue weighted by atomic mass is 10.2. The van der Waals surface area contributed by atoms with E-state index in [9.17, 15) is 4.79 Å². The lowest BCUT2D eigenvalue weighted by Crippen LogP contribution is -2.31. The van der Waals surface area contributed by atoms with Crippen LogP contribution in [0.2, 0.25) is 0 Å². The van der Waals surface area contributed by atoms with Crippen LogP contribution in [-0.4, -0.2) is 45.6 Å². The van der Waals surface area contributed by atoms with E-state index in [0.717, 1.165) is 55.7 Å². The number of nitrogens with one attached hydrogen (secondary N) is 1. The number of anilines is 1. The van der Waals surface area contributed by atoms with Crippen LogP contribution in [0.1, 0.15) is 37.7 Å². The van der Waals surface area contributed by atoms with Crippen LogP contribution in [0.25, 0.3) is 5.69 Å². The number of nitrogens with zero attached hydrogens (tertiary/aromatic N) is 4. The Balaban J connectivity index is 1.69. The Morgan fingerprint density at radius 3 is 2.62 bits per heavy atom. The minimum Gasteiger partial charge on any atom is -0.355 e. The molecule has 4 rings (SSSR count). The van der Waals surface area contributed by atoms with Crippen LogP contribution in [0.3, 0.4) is 0 Å². The lowest BCUT2D eigenvalue weighted by Gasteiger charge is -2.19. The van der Waals surface area contributed by atoms with E-state index in [-0.39, 0.29) is 11.2 Å². The summed E-state index contributed by atoms with van der Waals surface area (Å²) >= 11 is 1.54. The number of carbonyl (C=O) groups is 1. The molecule has 0 aliphatic carbocycles. The first-order valence-corrected chi connectivity index (χ1v) is 10.3. The molecule has 0 unspecified atom stereocenters. The summed E-state index contributed by atoms with van der Waals surface area (Å²) in [5, 5.41) is 12.7. The van der Waals surface area contributed by atoms with Crippen LogP contribution < -0.4 is 10.2 Å². The van der Waals surface area contributed by atoms with Crippen molar-refractivity contribution in [2.24, 2.45) is 0 Å². The van der Waals surface area contributed by atoms with Crippen LogP contribution in [0.5, 0.6) is 0 Å². The van der Waals surface area contributed by atoms with Crippen molar-refractivity contribution < 1.29 is 4.79 Å². The zero-order chi connectivity index (χ0) is 17.9. The van der Waals surface area contributed by atoms with Gasteiger partial charge in [0.25, 0.3) is 0 Å². The number of benzene rings is 1. The van der Waals surface area contributed by atoms with Crippen molar-refractivity contribution in [3.05, 3.63) is 29.8 Å². The molecule has 26 heavy (non-hydrogen) atoms. The highest BCUT2D eigenvalue weighted by Crippen LogP contribution is 2.32. The van der Waals surface area contributed by atoms with Crippen molar-refractivity contribution in [2.75, 3.05) is 24.5 Å². The highest BCUT2D eigenvalue weighted by molar-refractivity contribution is 8.00. The quantitative estimate of drug-likeness (QED) is 0.895. The first kappa shape index (κ1) is 17.4. The van der Waals surface area contributed by atoms with Gasteiger partial charge >= 0.3 is 0 Å². The van der Waals surface area contributed by atoms with E-state index in [4.69, 9.17) is 0 Å². The van der Waals surface area contributed by atoms with Crippen molar-refractivity contribution in [3.8, 4) is 5.69 Å². The minimum atomic E-state index is -0.0997. The second kappa shape index (κ2) is 7.70. The normalized spacial score (nSPS) is 20.9. The van der Waals surface area contributed by atoms with E-state index < -0.39 is 0 Å². The number of amides is 1. The zero-order valence-electron chi connectivity index (χ0n) is 15.1.